The second-order valence-electron chi connectivity index (χ2n) is 7.00. The molecule has 4 heterocycles. The first-order valence-electron chi connectivity index (χ1n) is 9.56. The Hall–Kier alpha value is -2.58. The molecule has 4 rings (SSSR count). The van der Waals surface area contributed by atoms with E-state index in [4.69, 9.17) is 0 Å². The lowest BCUT2D eigenvalue weighted by Crippen LogP contribution is -2.45. The van der Waals surface area contributed by atoms with Gasteiger partial charge in [0.15, 0.2) is 0 Å². The van der Waals surface area contributed by atoms with Gasteiger partial charge in [-0.15, -0.1) is 11.3 Å². The van der Waals surface area contributed by atoms with Crippen LogP contribution < -0.4 is 0 Å². The summed E-state index contributed by atoms with van der Waals surface area (Å²) in [6.07, 6.45) is 9.20. The van der Waals surface area contributed by atoms with Crippen LogP contribution in [-0.4, -0.2) is 68.2 Å². The molecule has 0 bridgehead atoms. The van der Waals surface area contributed by atoms with Crippen molar-refractivity contribution >= 4 is 17.2 Å². The smallest absolute Gasteiger partial charge is 0.273 e. The summed E-state index contributed by atoms with van der Waals surface area (Å²) < 4.78 is 1.76. The Kier molecular flexibility index (Phi) is 5.50. The molecule has 3 aromatic heterocycles. The van der Waals surface area contributed by atoms with E-state index < -0.39 is 0 Å². The van der Waals surface area contributed by atoms with Crippen LogP contribution in [0.15, 0.2) is 42.3 Å². The fourth-order valence-electron chi connectivity index (χ4n) is 3.54. The van der Waals surface area contributed by atoms with E-state index in [0.717, 1.165) is 48.7 Å². The van der Waals surface area contributed by atoms with Crippen LogP contribution in [0.25, 0.3) is 16.3 Å². The lowest BCUT2D eigenvalue weighted by Gasteiger charge is -2.36. The third-order valence-corrected chi connectivity index (χ3v) is 6.23. The van der Waals surface area contributed by atoms with Crippen molar-refractivity contribution in [1.29, 1.82) is 0 Å². The van der Waals surface area contributed by atoms with E-state index in [0.29, 0.717) is 5.69 Å². The molecule has 28 heavy (non-hydrogen) atoms. The zero-order valence-corrected chi connectivity index (χ0v) is 17.0. The van der Waals surface area contributed by atoms with E-state index in [2.05, 4.69) is 26.9 Å². The summed E-state index contributed by atoms with van der Waals surface area (Å²) in [5.74, 6) is -0.00269. The van der Waals surface area contributed by atoms with E-state index >= 15 is 0 Å². The molecule has 0 radical (unpaired) electrons. The zero-order chi connectivity index (χ0) is 19.5. The number of hydrogen-bond acceptors (Lipinski definition) is 6. The number of aromatic nitrogens is 4. The van der Waals surface area contributed by atoms with Crippen molar-refractivity contribution in [3.63, 3.8) is 0 Å². The predicted octanol–water partition coefficient (Wildman–Crippen LogP) is 2.95. The van der Waals surface area contributed by atoms with E-state index in [1.165, 1.54) is 11.3 Å². The second kappa shape index (κ2) is 8.20. The lowest BCUT2D eigenvalue weighted by molar-refractivity contribution is 0.0642. The molecule has 0 aliphatic carbocycles. The van der Waals surface area contributed by atoms with E-state index in [-0.39, 0.29) is 11.9 Å². The molecule has 1 aliphatic heterocycles. The molecule has 1 aliphatic rings. The maximum atomic E-state index is 12.9. The molecule has 0 atom stereocenters. The Labute approximate surface area is 168 Å². The second-order valence-corrected chi connectivity index (χ2v) is 7.86. The predicted molar refractivity (Wildman–Crippen MR) is 110 cm³/mol. The van der Waals surface area contributed by atoms with Crippen molar-refractivity contribution in [2.45, 2.75) is 25.8 Å². The monoisotopic (exact) mass is 396 g/mol. The SMILES string of the molecule is CCN1CCC(N(C)C(=O)c2csc(-c3cnn(-c4cccnc4)c3)n2)CC1. The molecule has 7 nitrogen and oxygen atoms in total. The van der Waals surface area contributed by atoms with Crippen LogP contribution in [0.3, 0.4) is 0 Å². The summed E-state index contributed by atoms with van der Waals surface area (Å²) in [6, 6.07) is 4.10. The highest BCUT2D eigenvalue weighted by molar-refractivity contribution is 7.13. The summed E-state index contributed by atoms with van der Waals surface area (Å²) in [5, 5.41) is 7.03. The molecular weight excluding hydrogens is 372 g/mol. The number of hydrogen-bond donors (Lipinski definition) is 0. The quantitative estimate of drug-likeness (QED) is 0.663. The highest BCUT2D eigenvalue weighted by atomic mass is 32.1. The average Bonchev–Trinajstić information content (AvgIpc) is 3.43. The standard InChI is InChI=1S/C20H24N6OS/c1-3-25-9-6-16(7-10-25)24(2)20(27)18-14-28-19(23-18)15-11-22-26(13-15)17-5-4-8-21-12-17/h4-5,8,11-14,16H,3,6-7,9-10H2,1-2H3. The summed E-state index contributed by atoms with van der Waals surface area (Å²) in [5.41, 5.74) is 2.29. The normalized spacial score (nSPS) is 15.6. The molecule has 0 N–H and O–H groups in total. The first kappa shape index (κ1) is 18.8. The minimum atomic E-state index is -0.00269. The molecule has 8 heteroatoms. The van der Waals surface area contributed by atoms with Gasteiger partial charge < -0.3 is 9.80 Å². The minimum absolute atomic E-state index is 0.00269. The Morgan fingerprint density at radius 3 is 2.86 bits per heavy atom. The zero-order valence-electron chi connectivity index (χ0n) is 16.2. The molecule has 1 amide bonds. The molecular formula is C20H24N6OS. The van der Waals surface area contributed by atoms with E-state index in [1.54, 1.807) is 23.3 Å². The fraction of sp³-hybridized carbons (Fsp3) is 0.400. The van der Waals surface area contributed by atoms with Gasteiger partial charge in [-0.2, -0.15) is 5.10 Å². The first-order chi connectivity index (χ1) is 13.7. The van der Waals surface area contributed by atoms with Gasteiger partial charge in [-0.05, 0) is 31.5 Å². The Bertz CT molecular complexity index is 929. The summed E-state index contributed by atoms with van der Waals surface area (Å²) in [7, 11) is 1.90. The molecule has 0 aromatic carbocycles. The fourth-order valence-corrected chi connectivity index (χ4v) is 4.31. The number of piperidine rings is 1. The molecule has 1 fully saturated rings. The third-order valence-electron chi connectivity index (χ3n) is 5.34. The van der Waals surface area contributed by atoms with Crippen molar-refractivity contribution < 1.29 is 4.79 Å². The van der Waals surface area contributed by atoms with Crippen LogP contribution in [0.2, 0.25) is 0 Å². The van der Waals surface area contributed by atoms with E-state index in [1.807, 2.05) is 35.7 Å². The Morgan fingerprint density at radius 1 is 1.32 bits per heavy atom. The summed E-state index contributed by atoms with van der Waals surface area (Å²) in [4.78, 5) is 25.9. The van der Waals surface area contributed by atoms with Crippen LogP contribution >= 0.6 is 11.3 Å². The number of thiazole rings is 1. The van der Waals surface area contributed by atoms with Crippen molar-refractivity contribution in [3.8, 4) is 16.3 Å². The highest BCUT2D eigenvalue weighted by Gasteiger charge is 2.26. The van der Waals surface area contributed by atoms with Gasteiger partial charge >= 0.3 is 0 Å². The van der Waals surface area contributed by atoms with Crippen LogP contribution in [0.4, 0.5) is 0 Å². The molecule has 3 aromatic rings. The van der Waals surface area contributed by atoms with Crippen molar-refractivity contribution in [1.82, 2.24) is 29.5 Å². The number of pyridine rings is 1. The molecule has 0 saturated carbocycles. The maximum absolute atomic E-state index is 12.9. The van der Waals surface area contributed by atoms with Gasteiger partial charge in [-0.25, -0.2) is 9.67 Å². The van der Waals surface area contributed by atoms with Gasteiger partial charge in [-0.1, -0.05) is 6.92 Å². The van der Waals surface area contributed by atoms with Crippen molar-refractivity contribution in [2.75, 3.05) is 26.7 Å². The van der Waals surface area contributed by atoms with Gasteiger partial charge in [0.25, 0.3) is 5.91 Å². The van der Waals surface area contributed by atoms with Gasteiger partial charge in [-0.3, -0.25) is 9.78 Å². The largest absolute Gasteiger partial charge is 0.337 e. The van der Waals surface area contributed by atoms with Gasteiger partial charge in [0.1, 0.15) is 10.7 Å². The number of likely N-dealkylation sites (tertiary alicyclic amines) is 1. The number of amides is 1. The molecule has 0 unspecified atom stereocenters. The number of carbonyl (C=O) groups is 1. The maximum Gasteiger partial charge on any atom is 0.273 e. The van der Waals surface area contributed by atoms with Crippen LogP contribution in [0.1, 0.15) is 30.3 Å². The van der Waals surface area contributed by atoms with Crippen LogP contribution in [-0.2, 0) is 0 Å². The summed E-state index contributed by atoms with van der Waals surface area (Å²) in [6.45, 7) is 5.36. The lowest BCUT2D eigenvalue weighted by atomic mass is 10.0. The van der Waals surface area contributed by atoms with Crippen LogP contribution in [0.5, 0.6) is 0 Å². The highest BCUT2D eigenvalue weighted by Crippen LogP contribution is 2.25. The molecule has 0 spiro atoms. The Balaban J connectivity index is 1.45. The number of rotatable bonds is 5. The summed E-state index contributed by atoms with van der Waals surface area (Å²) >= 11 is 1.47. The van der Waals surface area contributed by atoms with Gasteiger partial charge in [0.2, 0.25) is 0 Å². The first-order valence-corrected chi connectivity index (χ1v) is 10.4. The van der Waals surface area contributed by atoms with Crippen LogP contribution in [0, 0.1) is 0 Å². The number of carbonyl (C=O) groups excluding carboxylic acids is 1. The minimum Gasteiger partial charge on any atom is -0.337 e. The molecule has 1 saturated heterocycles. The van der Waals surface area contributed by atoms with E-state index in [9.17, 15) is 4.79 Å². The van der Waals surface area contributed by atoms with Gasteiger partial charge in [0.05, 0.1) is 18.1 Å². The topological polar surface area (TPSA) is 67.2 Å². The Morgan fingerprint density at radius 2 is 2.14 bits per heavy atom. The molecule has 146 valence electrons. The van der Waals surface area contributed by atoms with Crippen molar-refractivity contribution in [3.05, 3.63) is 48.0 Å². The van der Waals surface area contributed by atoms with Crippen molar-refractivity contribution in [2.24, 2.45) is 0 Å². The number of nitrogens with zero attached hydrogens (tertiary/aromatic N) is 6. The third kappa shape index (κ3) is 3.83. The van der Waals surface area contributed by atoms with Gasteiger partial charge in [0, 0.05) is 49.5 Å². The average molecular weight is 397 g/mol.